The molecular formula is C48H38IrN5O. The van der Waals surface area contributed by atoms with Gasteiger partial charge >= 0.3 is 20.1 Å². The van der Waals surface area contributed by atoms with Gasteiger partial charge in [-0.2, -0.15) is 0 Å². The summed E-state index contributed by atoms with van der Waals surface area (Å²) in [6, 6.07) is 51.3. The minimum absolute atomic E-state index is 0. The number of hydrogen-bond donors (Lipinski definition) is 0. The summed E-state index contributed by atoms with van der Waals surface area (Å²) in [5.74, 6) is 0.839. The van der Waals surface area contributed by atoms with Gasteiger partial charge in [-0.15, -0.1) is 89.5 Å². The number of aromatic nitrogens is 5. The van der Waals surface area contributed by atoms with E-state index in [0.717, 1.165) is 81.6 Å². The Balaban J connectivity index is 0.000000188. The molecule has 9 rings (SSSR count). The first-order valence-electron chi connectivity index (χ1n) is 18.2. The standard InChI is InChI=1S/C32H26N2.C16H12N3O.Ir/c1-2-11-29(12-3-1)32-20-19-28(24-34-32)18-17-26-9-6-8-25(22-26)15-16-27-10-7-13-30(23-27)31-14-4-5-21-33-31;1-10-6-7-12-11-4-3-5-13(14(11)20-16(12)18-10)15-17-8-9-19(15)2;/h1-11,14,19-24H,15-18H2;3-4,6-9H,1-2H3;/q-2;-1;+3. The average Bonchev–Trinajstić information content (AvgIpc) is 3.83. The Morgan fingerprint density at radius 2 is 1.36 bits per heavy atom. The third-order valence-electron chi connectivity index (χ3n) is 9.50. The van der Waals surface area contributed by atoms with Crippen molar-refractivity contribution in [3.8, 4) is 33.9 Å². The number of fused-ring (bicyclic) bond motifs is 3. The zero-order valence-corrected chi connectivity index (χ0v) is 33.1. The van der Waals surface area contributed by atoms with Gasteiger partial charge in [0.15, 0.2) is 0 Å². The van der Waals surface area contributed by atoms with E-state index in [0.29, 0.717) is 5.71 Å². The van der Waals surface area contributed by atoms with Crippen LogP contribution in [0.3, 0.4) is 0 Å². The van der Waals surface area contributed by atoms with Crippen LogP contribution in [0.4, 0.5) is 0 Å². The molecule has 270 valence electrons. The van der Waals surface area contributed by atoms with Gasteiger partial charge in [-0.1, -0.05) is 59.5 Å². The topological polar surface area (TPSA) is 69.6 Å². The zero-order valence-electron chi connectivity index (χ0n) is 30.7. The Morgan fingerprint density at radius 1 is 0.600 bits per heavy atom. The molecule has 0 atom stereocenters. The van der Waals surface area contributed by atoms with Crippen LogP contribution in [0.2, 0.25) is 0 Å². The van der Waals surface area contributed by atoms with Gasteiger partial charge in [0.25, 0.3) is 0 Å². The van der Waals surface area contributed by atoms with Crippen LogP contribution in [0.1, 0.15) is 27.9 Å². The molecule has 55 heavy (non-hydrogen) atoms. The van der Waals surface area contributed by atoms with E-state index in [4.69, 9.17) is 4.42 Å². The van der Waals surface area contributed by atoms with Gasteiger partial charge in [0.1, 0.15) is 0 Å². The normalized spacial score (nSPS) is 10.9. The van der Waals surface area contributed by atoms with Gasteiger partial charge in [0, 0.05) is 42.9 Å². The monoisotopic (exact) mass is 893 g/mol. The van der Waals surface area contributed by atoms with Gasteiger partial charge in [-0.25, -0.2) is 4.98 Å². The first-order chi connectivity index (χ1) is 26.6. The van der Waals surface area contributed by atoms with Crippen LogP contribution in [0.25, 0.3) is 56.0 Å². The van der Waals surface area contributed by atoms with E-state index < -0.39 is 0 Å². The van der Waals surface area contributed by atoms with E-state index in [2.05, 4.69) is 86.7 Å². The fraction of sp³-hybridized carbons (Fsp3) is 0.125. The van der Waals surface area contributed by atoms with Crippen molar-refractivity contribution < 1.29 is 24.5 Å². The van der Waals surface area contributed by atoms with Gasteiger partial charge in [0.05, 0.1) is 11.4 Å². The van der Waals surface area contributed by atoms with Crippen molar-refractivity contribution in [2.45, 2.75) is 32.6 Å². The van der Waals surface area contributed by atoms with Crippen molar-refractivity contribution in [1.82, 2.24) is 24.5 Å². The number of imidazole rings is 1. The molecule has 4 aromatic carbocycles. The molecule has 0 aliphatic rings. The van der Waals surface area contributed by atoms with E-state index in [1.807, 2.05) is 110 Å². The maximum Gasteiger partial charge on any atom is 3.00 e. The summed E-state index contributed by atoms with van der Waals surface area (Å²) in [7, 11) is 1.96. The van der Waals surface area contributed by atoms with E-state index in [1.165, 1.54) is 22.3 Å². The van der Waals surface area contributed by atoms with Crippen LogP contribution in [-0.2, 0) is 52.8 Å². The van der Waals surface area contributed by atoms with Crippen molar-refractivity contribution in [1.29, 1.82) is 0 Å². The molecule has 5 aromatic heterocycles. The Labute approximate surface area is 335 Å². The summed E-state index contributed by atoms with van der Waals surface area (Å²) in [6.07, 6.45) is 11.5. The summed E-state index contributed by atoms with van der Waals surface area (Å²) in [5.41, 5.74) is 12.6. The number of furan rings is 1. The second kappa shape index (κ2) is 17.4. The molecule has 0 aliphatic heterocycles. The first kappa shape index (κ1) is 37.3. The average molecular weight is 893 g/mol. The third kappa shape index (κ3) is 8.87. The molecule has 0 unspecified atom stereocenters. The molecule has 6 nitrogen and oxygen atoms in total. The molecule has 0 N–H and O–H groups in total. The molecule has 0 fully saturated rings. The van der Waals surface area contributed by atoms with Gasteiger partial charge in [-0.05, 0) is 78.9 Å². The number of rotatable bonds is 9. The van der Waals surface area contributed by atoms with E-state index >= 15 is 0 Å². The molecule has 0 aliphatic carbocycles. The quantitative estimate of drug-likeness (QED) is 0.135. The molecule has 0 saturated heterocycles. The summed E-state index contributed by atoms with van der Waals surface area (Å²) < 4.78 is 7.90. The number of aryl methyl sites for hydroxylation is 6. The number of hydrogen-bond acceptors (Lipinski definition) is 5. The summed E-state index contributed by atoms with van der Waals surface area (Å²) in [4.78, 5) is 17.9. The summed E-state index contributed by atoms with van der Waals surface area (Å²) in [5, 5.41) is 2.07. The smallest absolute Gasteiger partial charge is 0.486 e. The fourth-order valence-corrected chi connectivity index (χ4v) is 6.63. The SMILES string of the molecule is Cc1ccc2c(n1)oc1c(-c3nccn3C)[c-]ccc12.[Ir+3].[c-]1ccccc1-c1ccc(CCc2cccc(CCc3cc[c-]c(-c4ccccn4)c3)c2)cn1. The van der Waals surface area contributed by atoms with Crippen LogP contribution in [0.15, 0.2) is 151 Å². The molecule has 0 radical (unpaired) electrons. The first-order valence-corrected chi connectivity index (χ1v) is 18.2. The van der Waals surface area contributed by atoms with Gasteiger partial charge in [-0.3, -0.25) is 4.98 Å². The van der Waals surface area contributed by atoms with Crippen LogP contribution in [0.5, 0.6) is 0 Å². The maximum absolute atomic E-state index is 5.95. The van der Waals surface area contributed by atoms with Crippen molar-refractivity contribution in [2.75, 3.05) is 0 Å². The molecule has 7 heteroatoms. The second-order valence-electron chi connectivity index (χ2n) is 13.3. The van der Waals surface area contributed by atoms with Crippen LogP contribution >= 0.6 is 0 Å². The van der Waals surface area contributed by atoms with Crippen molar-refractivity contribution in [2.24, 2.45) is 7.05 Å². The minimum Gasteiger partial charge on any atom is -0.486 e. The zero-order chi connectivity index (χ0) is 36.7. The van der Waals surface area contributed by atoms with E-state index in [9.17, 15) is 0 Å². The molecule has 5 heterocycles. The van der Waals surface area contributed by atoms with Gasteiger partial charge < -0.3 is 19.0 Å². The second-order valence-corrected chi connectivity index (χ2v) is 13.3. The third-order valence-corrected chi connectivity index (χ3v) is 9.50. The Bertz CT molecular complexity index is 2630. The molecule has 9 aromatic rings. The van der Waals surface area contributed by atoms with E-state index in [-0.39, 0.29) is 20.1 Å². The Kier molecular flexibility index (Phi) is 11.8. The predicted octanol–water partition coefficient (Wildman–Crippen LogP) is 10.5. The Hall–Kier alpha value is -6.01. The molecule has 0 saturated carbocycles. The van der Waals surface area contributed by atoms with Gasteiger partial charge in [0.2, 0.25) is 5.71 Å². The largest absolute Gasteiger partial charge is 3.00 e. The number of benzene rings is 4. The van der Waals surface area contributed by atoms with Crippen molar-refractivity contribution in [3.63, 3.8) is 0 Å². The molecular weight excluding hydrogens is 855 g/mol. The Morgan fingerprint density at radius 3 is 2.09 bits per heavy atom. The predicted molar refractivity (Wildman–Crippen MR) is 216 cm³/mol. The number of pyridine rings is 3. The van der Waals surface area contributed by atoms with Crippen LogP contribution in [-0.4, -0.2) is 24.5 Å². The van der Waals surface area contributed by atoms with E-state index in [1.54, 1.807) is 6.20 Å². The number of nitrogens with zero attached hydrogens (tertiary/aromatic N) is 5. The van der Waals surface area contributed by atoms with Crippen molar-refractivity contribution in [3.05, 3.63) is 192 Å². The summed E-state index contributed by atoms with van der Waals surface area (Å²) >= 11 is 0. The van der Waals surface area contributed by atoms with Crippen LogP contribution < -0.4 is 0 Å². The summed E-state index contributed by atoms with van der Waals surface area (Å²) in [6.45, 7) is 1.96. The minimum atomic E-state index is 0. The maximum atomic E-state index is 5.95. The molecule has 0 amide bonds. The van der Waals surface area contributed by atoms with Crippen LogP contribution in [0, 0.1) is 25.1 Å². The fourth-order valence-electron chi connectivity index (χ4n) is 6.63. The molecule has 0 spiro atoms. The molecule has 0 bridgehead atoms. The van der Waals surface area contributed by atoms with Crippen molar-refractivity contribution >= 4 is 22.1 Å².